The molecule has 0 unspecified atom stereocenters. The molecule has 88 valence electrons. The Morgan fingerprint density at radius 1 is 1.06 bits per heavy atom. The van der Waals surface area contributed by atoms with Crippen LogP contribution in [0, 0.1) is 0 Å². The van der Waals surface area contributed by atoms with Crippen molar-refractivity contribution >= 4 is 5.69 Å². The predicted octanol–water partition coefficient (Wildman–Crippen LogP) is 2.81. The number of anilines is 1. The second kappa shape index (κ2) is 4.33. The van der Waals surface area contributed by atoms with Gasteiger partial charge >= 0.3 is 6.18 Å². The number of hydrogen-bond acceptors (Lipinski definition) is 2. The van der Waals surface area contributed by atoms with Crippen LogP contribution in [0.25, 0.3) is 0 Å². The molecule has 0 aliphatic carbocycles. The summed E-state index contributed by atoms with van der Waals surface area (Å²) in [6.45, 7) is 1.71. The lowest BCUT2D eigenvalue weighted by Gasteiger charge is -2.29. The summed E-state index contributed by atoms with van der Waals surface area (Å²) in [5.41, 5.74) is 3.33. The van der Waals surface area contributed by atoms with Crippen LogP contribution in [0.1, 0.15) is 18.4 Å². The van der Waals surface area contributed by atoms with Crippen LogP contribution in [-0.2, 0) is 6.18 Å². The maximum Gasteiger partial charge on any atom is 0.416 e. The van der Waals surface area contributed by atoms with Crippen molar-refractivity contribution in [3.8, 4) is 0 Å². The van der Waals surface area contributed by atoms with Gasteiger partial charge in [0.15, 0.2) is 0 Å². The molecule has 1 aromatic rings. The summed E-state index contributed by atoms with van der Waals surface area (Å²) >= 11 is 0. The number of hydrazine groups is 1. The number of nitrogens with one attached hydrogen (secondary N) is 1. The maximum absolute atomic E-state index is 12.3. The predicted molar refractivity (Wildman–Crippen MR) is 56.0 cm³/mol. The van der Waals surface area contributed by atoms with Gasteiger partial charge in [-0.05, 0) is 37.1 Å². The molecular weight excluding hydrogens is 217 g/mol. The third-order valence-electron chi connectivity index (χ3n) is 2.62. The third-order valence-corrected chi connectivity index (χ3v) is 2.62. The van der Waals surface area contributed by atoms with Crippen LogP contribution < -0.4 is 10.4 Å². The molecule has 0 bridgehead atoms. The topological polar surface area (TPSA) is 15.3 Å². The standard InChI is InChI=1S/C11H13F3N2/c12-11(13,14)9-3-5-10(6-4-9)16-8-2-1-7-15-16/h3-6,15H,1-2,7-8H2. The lowest BCUT2D eigenvalue weighted by molar-refractivity contribution is -0.137. The highest BCUT2D eigenvalue weighted by molar-refractivity contribution is 5.47. The highest BCUT2D eigenvalue weighted by atomic mass is 19.4. The molecule has 16 heavy (non-hydrogen) atoms. The van der Waals surface area contributed by atoms with Crippen molar-refractivity contribution in [3.63, 3.8) is 0 Å². The molecule has 2 rings (SSSR count). The van der Waals surface area contributed by atoms with Crippen LogP contribution in [0.4, 0.5) is 18.9 Å². The Labute approximate surface area is 92.0 Å². The smallest absolute Gasteiger partial charge is 0.308 e. The maximum atomic E-state index is 12.3. The van der Waals surface area contributed by atoms with Gasteiger partial charge in [0.2, 0.25) is 0 Å². The van der Waals surface area contributed by atoms with Crippen LogP contribution in [0.5, 0.6) is 0 Å². The first-order chi connectivity index (χ1) is 7.57. The average molecular weight is 230 g/mol. The van der Waals surface area contributed by atoms with Crippen LogP contribution in [0.3, 0.4) is 0 Å². The van der Waals surface area contributed by atoms with Gasteiger partial charge in [-0.1, -0.05) is 0 Å². The van der Waals surface area contributed by atoms with Gasteiger partial charge in [-0.25, -0.2) is 5.43 Å². The molecule has 0 amide bonds. The Balaban J connectivity index is 2.12. The number of rotatable bonds is 1. The largest absolute Gasteiger partial charge is 0.416 e. The molecule has 1 aromatic carbocycles. The van der Waals surface area contributed by atoms with Gasteiger partial charge in [-0.2, -0.15) is 13.2 Å². The minimum atomic E-state index is -4.26. The first-order valence-corrected chi connectivity index (χ1v) is 5.26. The van der Waals surface area contributed by atoms with Gasteiger partial charge in [-0.15, -0.1) is 0 Å². The molecule has 1 saturated heterocycles. The van der Waals surface area contributed by atoms with E-state index in [-0.39, 0.29) is 0 Å². The molecule has 0 aromatic heterocycles. The van der Waals surface area contributed by atoms with Gasteiger partial charge in [0, 0.05) is 13.1 Å². The summed E-state index contributed by atoms with van der Waals surface area (Å²) in [5.74, 6) is 0. The minimum absolute atomic E-state index is 0.603. The van der Waals surface area contributed by atoms with E-state index in [1.165, 1.54) is 12.1 Å². The number of alkyl halides is 3. The summed E-state index contributed by atoms with van der Waals surface area (Å²) in [7, 11) is 0. The molecule has 2 nitrogen and oxygen atoms in total. The monoisotopic (exact) mass is 230 g/mol. The Hall–Kier alpha value is -1.23. The van der Waals surface area contributed by atoms with Crippen molar-refractivity contribution in [2.24, 2.45) is 0 Å². The molecule has 0 saturated carbocycles. The fraction of sp³-hybridized carbons (Fsp3) is 0.455. The van der Waals surface area contributed by atoms with E-state index < -0.39 is 11.7 Å². The first kappa shape index (κ1) is 11.3. The van der Waals surface area contributed by atoms with Crippen molar-refractivity contribution < 1.29 is 13.2 Å². The van der Waals surface area contributed by atoms with E-state index in [0.717, 1.165) is 43.8 Å². The van der Waals surface area contributed by atoms with Gasteiger partial charge in [0.1, 0.15) is 0 Å². The van der Waals surface area contributed by atoms with Crippen molar-refractivity contribution in [2.75, 3.05) is 18.1 Å². The zero-order valence-electron chi connectivity index (χ0n) is 8.72. The van der Waals surface area contributed by atoms with Crippen LogP contribution in [0.2, 0.25) is 0 Å². The molecule has 1 fully saturated rings. The second-order valence-electron chi connectivity index (χ2n) is 3.81. The summed E-state index contributed by atoms with van der Waals surface area (Å²) < 4.78 is 37.0. The molecular formula is C11H13F3N2. The molecule has 1 heterocycles. The van der Waals surface area contributed by atoms with E-state index in [1.54, 1.807) is 0 Å². The van der Waals surface area contributed by atoms with Gasteiger partial charge in [0.05, 0.1) is 11.3 Å². The van der Waals surface area contributed by atoms with E-state index in [1.807, 2.05) is 5.01 Å². The molecule has 1 aliphatic heterocycles. The summed E-state index contributed by atoms with van der Waals surface area (Å²) in [4.78, 5) is 0. The third kappa shape index (κ3) is 2.47. The molecule has 0 spiro atoms. The van der Waals surface area contributed by atoms with Crippen molar-refractivity contribution in [2.45, 2.75) is 19.0 Å². The SMILES string of the molecule is FC(F)(F)c1ccc(N2CCCCN2)cc1. The average Bonchev–Trinajstić information content (AvgIpc) is 2.29. The summed E-state index contributed by atoms with van der Waals surface area (Å²) in [6, 6.07) is 5.24. The Morgan fingerprint density at radius 3 is 2.25 bits per heavy atom. The van der Waals surface area contributed by atoms with Crippen molar-refractivity contribution in [1.82, 2.24) is 5.43 Å². The normalized spacial score (nSPS) is 17.6. The number of nitrogens with zero attached hydrogens (tertiary/aromatic N) is 1. The fourth-order valence-electron chi connectivity index (χ4n) is 1.74. The molecule has 1 N–H and O–H groups in total. The van der Waals surface area contributed by atoms with Crippen LogP contribution >= 0.6 is 0 Å². The Bertz CT molecular complexity index is 339. The highest BCUT2D eigenvalue weighted by Gasteiger charge is 2.30. The fourth-order valence-corrected chi connectivity index (χ4v) is 1.74. The Morgan fingerprint density at radius 2 is 1.75 bits per heavy atom. The van der Waals surface area contributed by atoms with E-state index in [9.17, 15) is 13.2 Å². The van der Waals surface area contributed by atoms with Crippen molar-refractivity contribution in [3.05, 3.63) is 29.8 Å². The zero-order valence-corrected chi connectivity index (χ0v) is 8.72. The van der Waals surface area contributed by atoms with Gasteiger partial charge in [0.25, 0.3) is 0 Å². The molecule has 5 heteroatoms. The Kier molecular flexibility index (Phi) is 3.05. The van der Waals surface area contributed by atoms with E-state index >= 15 is 0 Å². The second-order valence-corrected chi connectivity index (χ2v) is 3.81. The number of halogens is 3. The number of benzene rings is 1. The molecule has 0 atom stereocenters. The van der Waals surface area contributed by atoms with Crippen LogP contribution in [-0.4, -0.2) is 13.1 Å². The highest BCUT2D eigenvalue weighted by Crippen LogP contribution is 2.30. The summed E-state index contributed by atoms with van der Waals surface area (Å²) in [6.07, 6.45) is -2.08. The van der Waals surface area contributed by atoms with Gasteiger partial charge in [-0.3, -0.25) is 0 Å². The molecule has 1 aliphatic rings. The minimum Gasteiger partial charge on any atom is -0.308 e. The van der Waals surface area contributed by atoms with Gasteiger partial charge < -0.3 is 5.01 Å². The summed E-state index contributed by atoms with van der Waals surface area (Å²) in [5, 5.41) is 1.89. The lowest BCUT2D eigenvalue weighted by atomic mass is 10.2. The lowest BCUT2D eigenvalue weighted by Crippen LogP contribution is -2.43. The quantitative estimate of drug-likeness (QED) is 0.798. The van der Waals surface area contributed by atoms with Crippen LogP contribution in [0.15, 0.2) is 24.3 Å². The van der Waals surface area contributed by atoms with Crippen molar-refractivity contribution in [1.29, 1.82) is 0 Å². The number of hydrogen-bond donors (Lipinski definition) is 1. The zero-order chi connectivity index (χ0) is 11.6. The first-order valence-electron chi connectivity index (χ1n) is 5.26. The van der Waals surface area contributed by atoms with E-state index in [2.05, 4.69) is 5.43 Å². The van der Waals surface area contributed by atoms with E-state index in [4.69, 9.17) is 0 Å². The molecule has 0 radical (unpaired) electrons. The van der Waals surface area contributed by atoms with E-state index in [0.29, 0.717) is 0 Å².